The maximum absolute atomic E-state index is 13.7. The Kier molecular flexibility index (Phi) is 7.74. The second kappa shape index (κ2) is 11.0. The van der Waals surface area contributed by atoms with Gasteiger partial charge in [0.1, 0.15) is 29.7 Å². The number of hydrogen-bond acceptors (Lipinski definition) is 8. The average Bonchev–Trinajstić information content (AvgIpc) is 3.27. The van der Waals surface area contributed by atoms with Gasteiger partial charge in [-0.1, -0.05) is 18.2 Å². The summed E-state index contributed by atoms with van der Waals surface area (Å²) >= 11 is 0. The number of Topliss-reactive ketones (excluding diaryl/α,β-unsaturated/α-hetero) is 1. The van der Waals surface area contributed by atoms with Gasteiger partial charge in [-0.2, -0.15) is 5.26 Å². The minimum Gasteiger partial charge on any atom is -0.492 e. The van der Waals surface area contributed by atoms with E-state index in [0.717, 1.165) is 23.6 Å². The number of fused-ring (bicyclic) bond motifs is 1. The fourth-order valence-corrected chi connectivity index (χ4v) is 5.54. The molecule has 0 radical (unpaired) electrons. The maximum atomic E-state index is 13.7. The molecule has 2 aromatic carbocycles. The van der Waals surface area contributed by atoms with E-state index in [1.807, 2.05) is 6.07 Å². The quantitative estimate of drug-likeness (QED) is 0.247. The van der Waals surface area contributed by atoms with Gasteiger partial charge in [-0.3, -0.25) is 9.69 Å². The molecule has 0 bridgehead atoms. The summed E-state index contributed by atoms with van der Waals surface area (Å²) in [4.78, 5) is 17.2. The lowest BCUT2D eigenvalue weighted by molar-refractivity contribution is 0.0322. The lowest BCUT2D eigenvalue weighted by Gasteiger charge is -2.26. The van der Waals surface area contributed by atoms with Gasteiger partial charge in [0, 0.05) is 51.4 Å². The number of ketones is 1. The predicted octanol–water partition coefficient (Wildman–Crippen LogP) is 2.74. The van der Waals surface area contributed by atoms with Crippen LogP contribution in [-0.2, 0) is 14.8 Å². The minimum atomic E-state index is -4.15. The number of nitrogens with zero attached hydrogens (tertiary/aromatic N) is 4. The van der Waals surface area contributed by atoms with Crippen LogP contribution in [-0.4, -0.2) is 81.5 Å². The third kappa shape index (κ3) is 5.44. The van der Waals surface area contributed by atoms with Crippen molar-refractivity contribution in [2.24, 2.45) is 0 Å². The van der Waals surface area contributed by atoms with Crippen LogP contribution >= 0.6 is 0 Å². The van der Waals surface area contributed by atoms with Crippen LogP contribution < -0.4 is 4.74 Å². The van der Waals surface area contributed by atoms with Crippen molar-refractivity contribution in [2.75, 3.05) is 53.6 Å². The van der Waals surface area contributed by atoms with Crippen LogP contribution in [0, 0.1) is 11.3 Å². The van der Waals surface area contributed by atoms with E-state index in [4.69, 9.17) is 9.47 Å². The summed E-state index contributed by atoms with van der Waals surface area (Å²) in [5.41, 5.74) is 0.0106. The molecule has 188 valence electrons. The van der Waals surface area contributed by atoms with Gasteiger partial charge >= 0.3 is 0 Å². The zero-order valence-electron chi connectivity index (χ0n) is 20.3. The van der Waals surface area contributed by atoms with Crippen molar-refractivity contribution < 1.29 is 22.7 Å². The van der Waals surface area contributed by atoms with E-state index < -0.39 is 15.8 Å². The molecule has 1 fully saturated rings. The van der Waals surface area contributed by atoms with Gasteiger partial charge in [-0.15, -0.1) is 0 Å². The molecule has 10 heteroatoms. The zero-order valence-corrected chi connectivity index (χ0v) is 21.1. The molecule has 0 atom stereocenters. The summed E-state index contributed by atoms with van der Waals surface area (Å²) in [6, 6.07) is 16.4. The Hall–Kier alpha value is -3.65. The third-order valence-corrected chi connectivity index (χ3v) is 7.52. The number of aromatic nitrogens is 1. The summed E-state index contributed by atoms with van der Waals surface area (Å²) in [6.45, 7) is 4.21. The first-order valence-electron chi connectivity index (χ1n) is 11.5. The molecule has 36 heavy (non-hydrogen) atoms. The number of rotatable bonds is 9. The Morgan fingerprint density at radius 3 is 2.53 bits per heavy atom. The standard InChI is InChI=1S/C26H28N4O5S/c1-28(2)19-21(18-27)26(31)25-16-20-8-9-22(35-15-12-29-10-13-34-14-11-29)17-24(20)30(25)36(32,33)23-6-4-3-5-7-23/h3-9,16-17,19H,10-15H2,1-2H3. The summed E-state index contributed by atoms with van der Waals surface area (Å²) in [7, 11) is -0.791. The SMILES string of the molecule is CN(C)C=C(C#N)C(=O)c1cc2ccc(OCCN3CCOCC3)cc2n1S(=O)(=O)c1ccccc1. The third-order valence-electron chi connectivity index (χ3n) is 5.78. The summed E-state index contributed by atoms with van der Waals surface area (Å²) in [5.74, 6) is -0.196. The number of nitriles is 1. The zero-order chi connectivity index (χ0) is 25.7. The van der Waals surface area contributed by atoms with E-state index in [-0.39, 0.29) is 16.2 Å². The lowest BCUT2D eigenvalue weighted by Crippen LogP contribution is -2.38. The molecule has 0 N–H and O–H groups in total. The smallest absolute Gasteiger partial charge is 0.268 e. The molecule has 0 spiro atoms. The van der Waals surface area contributed by atoms with Crippen molar-refractivity contribution in [1.29, 1.82) is 5.26 Å². The predicted molar refractivity (Wildman–Crippen MR) is 135 cm³/mol. The maximum Gasteiger partial charge on any atom is 0.268 e. The van der Waals surface area contributed by atoms with E-state index in [0.29, 0.717) is 36.5 Å². The first-order chi connectivity index (χ1) is 17.3. The molecule has 3 aromatic rings. The number of carbonyl (C=O) groups is 1. The summed E-state index contributed by atoms with van der Waals surface area (Å²) in [6.07, 6.45) is 1.37. The molecular formula is C26H28N4O5S. The number of morpholine rings is 1. The van der Waals surface area contributed by atoms with Crippen molar-refractivity contribution >= 4 is 26.7 Å². The van der Waals surface area contributed by atoms with E-state index >= 15 is 0 Å². The summed E-state index contributed by atoms with van der Waals surface area (Å²) < 4.78 is 39.8. The van der Waals surface area contributed by atoms with Crippen molar-refractivity contribution in [3.05, 3.63) is 72.1 Å². The molecule has 4 rings (SSSR count). The Balaban J connectivity index is 1.77. The molecule has 0 saturated carbocycles. The van der Waals surface area contributed by atoms with Crippen LogP contribution in [0.1, 0.15) is 10.5 Å². The molecule has 9 nitrogen and oxygen atoms in total. The largest absolute Gasteiger partial charge is 0.492 e. The topological polar surface area (TPSA) is 105 Å². The number of ether oxygens (including phenoxy) is 2. The lowest BCUT2D eigenvalue weighted by atomic mass is 10.1. The average molecular weight is 509 g/mol. The highest BCUT2D eigenvalue weighted by atomic mass is 32.2. The number of carbonyl (C=O) groups excluding carboxylic acids is 1. The molecule has 0 aliphatic carbocycles. The Morgan fingerprint density at radius 2 is 1.86 bits per heavy atom. The Labute approximate surface area is 210 Å². The normalized spacial score (nSPS) is 15.0. The van der Waals surface area contributed by atoms with Crippen LogP contribution in [0.2, 0.25) is 0 Å². The molecule has 1 aliphatic rings. The number of allylic oxidation sites excluding steroid dienone is 1. The van der Waals surface area contributed by atoms with Crippen LogP contribution in [0.15, 0.2) is 71.3 Å². The molecule has 1 aliphatic heterocycles. The first kappa shape index (κ1) is 25.4. The molecular weight excluding hydrogens is 480 g/mol. The van der Waals surface area contributed by atoms with Gasteiger partial charge in [-0.25, -0.2) is 12.4 Å². The minimum absolute atomic E-state index is 0.0327. The van der Waals surface area contributed by atoms with E-state index in [2.05, 4.69) is 4.90 Å². The fourth-order valence-electron chi connectivity index (χ4n) is 4.01. The van der Waals surface area contributed by atoms with Crippen molar-refractivity contribution in [2.45, 2.75) is 4.90 Å². The van der Waals surface area contributed by atoms with Gasteiger partial charge in [0.05, 0.1) is 23.6 Å². The number of benzene rings is 2. The summed E-state index contributed by atoms with van der Waals surface area (Å²) in [5, 5.41) is 10.1. The molecule has 1 saturated heterocycles. The Morgan fingerprint density at radius 1 is 1.14 bits per heavy atom. The van der Waals surface area contributed by atoms with E-state index in [1.54, 1.807) is 55.4 Å². The van der Waals surface area contributed by atoms with Crippen LogP contribution in [0.25, 0.3) is 10.9 Å². The van der Waals surface area contributed by atoms with Gasteiger partial charge in [0.2, 0.25) is 5.78 Å². The fraction of sp³-hybridized carbons (Fsp3) is 0.308. The second-order valence-electron chi connectivity index (χ2n) is 8.58. The molecule has 0 unspecified atom stereocenters. The highest BCUT2D eigenvalue weighted by Crippen LogP contribution is 2.30. The Bertz CT molecular complexity index is 1420. The molecule has 2 heterocycles. The van der Waals surface area contributed by atoms with Crippen LogP contribution in [0.3, 0.4) is 0 Å². The molecule has 1 aromatic heterocycles. The van der Waals surface area contributed by atoms with Gasteiger partial charge < -0.3 is 14.4 Å². The van der Waals surface area contributed by atoms with Crippen LogP contribution in [0.4, 0.5) is 0 Å². The van der Waals surface area contributed by atoms with Gasteiger partial charge in [0.25, 0.3) is 10.0 Å². The first-order valence-corrected chi connectivity index (χ1v) is 13.0. The second-order valence-corrected chi connectivity index (χ2v) is 10.4. The van der Waals surface area contributed by atoms with Crippen molar-refractivity contribution in [1.82, 2.24) is 13.8 Å². The van der Waals surface area contributed by atoms with E-state index in [9.17, 15) is 18.5 Å². The monoisotopic (exact) mass is 508 g/mol. The van der Waals surface area contributed by atoms with Crippen molar-refractivity contribution in [3.63, 3.8) is 0 Å². The molecule has 0 amide bonds. The van der Waals surface area contributed by atoms with Crippen molar-refractivity contribution in [3.8, 4) is 11.8 Å². The highest BCUT2D eigenvalue weighted by molar-refractivity contribution is 7.90. The van der Waals surface area contributed by atoms with Gasteiger partial charge in [0.15, 0.2) is 0 Å². The van der Waals surface area contributed by atoms with Gasteiger partial charge in [-0.05, 0) is 30.3 Å². The highest BCUT2D eigenvalue weighted by Gasteiger charge is 2.28. The van der Waals surface area contributed by atoms with Crippen LogP contribution in [0.5, 0.6) is 5.75 Å². The number of hydrogen-bond donors (Lipinski definition) is 0. The van der Waals surface area contributed by atoms with E-state index in [1.165, 1.54) is 24.4 Å².